The number of carbonyl (C=O) groups is 2. The molecule has 8 nitrogen and oxygen atoms in total. The number of aromatic nitrogens is 3. The highest BCUT2D eigenvalue weighted by Crippen LogP contribution is 2.38. The second-order valence-corrected chi connectivity index (χ2v) is 8.89. The highest BCUT2D eigenvalue weighted by molar-refractivity contribution is 7.99. The van der Waals surface area contributed by atoms with Gasteiger partial charge in [-0.2, -0.15) is 0 Å². The van der Waals surface area contributed by atoms with Gasteiger partial charge in [-0.05, 0) is 38.2 Å². The zero-order valence-corrected chi connectivity index (χ0v) is 17.9. The second-order valence-electron chi connectivity index (χ2n) is 6.84. The number of nitrogens with two attached hydrogens (primary N) is 1. The lowest BCUT2D eigenvalue weighted by Gasteiger charge is -2.12. The number of rotatable bonds is 7. The predicted octanol–water partition coefficient (Wildman–Crippen LogP) is 2.96. The summed E-state index contributed by atoms with van der Waals surface area (Å²) < 4.78 is 6.63. The molecule has 3 rings (SSSR count). The Morgan fingerprint density at radius 1 is 1.32 bits per heavy atom. The summed E-state index contributed by atoms with van der Waals surface area (Å²) in [6.45, 7) is 6.03. The minimum Gasteiger partial charge on any atom is -0.462 e. The number of hydrogen-bond donors (Lipinski definition) is 2. The number of hydrogen-bond acceptors (Lipinski definition) is 8. The monoisotopic (exact) mass is 423 g/mol. The molecule has 1 amide bonds. The van der Waals surface area contributed by atoms with E-state index >= 15 is 0 Å². The fourth-order valence-corrected chi connectivity index (χ4v) is 5.10. The van der Waals surface area contributed by atoms with Crippen molar-refractivity contribution in [2.24, 2.45) is 0 Å². The molecule has 0 atom stereocenters. The third-order valence-electron chi connectivity index (χ3n) is 4.44. The summed E-state index contributed by atoms with van der Waals surface area (Å²) in [5, 5.41) is 12.0. The van der Waals surface area contributed by atoms with Gasteiger partial charge in [0, 0.05) is 10.8 Å². The quantitative estimate of drug-likeness (QED) is 0.400. The molecule has 0 fully saturated rings. The number of thioether (sulfide) groups is 1. The summed E-state index contributed by atoms with van der Waals surface area (Å²) in [7, 11) is 0. The lowest BCUT2D eigenvalue weighted by molar-refractivity contribution is -0.113. The van der Waals surface area contributed by atoms with Crippen molar-refractivity contribution < 1.29 is 14.3 Å². The maximum Gasteiger partial charge on any atom is 0.341 e. The number of ether oxygens (including phenoxy) is 1. The average Bonchev–Trinajstić information content (AvgIpc) is 3.20. The van der Waals surface area contributed by atoms with E-state index in [1.807, 2.05) is 13.8 Å². The van der Waals surface area contributed by atoms with Gasteiger partial charge in [0.05, 0.1) is 17.9 Å². The van der Waals surface area contributed by atoms with Crippen LogP contribution in [0.2, 0.25) is 0 Å². The van der Waals surface area contributed by atoms with E-state index in [0.29, 0.717) is 28.2 Å². The predicted molar refractivity (Wildman–Crippen MR) is 111 cm³/mol. The van der Waals surface area contributed by atoms with Gasteiger partial charge in [-0.3, -0.25) is 4.79 Å². The van der Waals surface area contributed by atoms with Crippen LogP contribution in [0.4, 0.5) is 5.00 Å². The molecule has 0 aromatic carbocycles. The first-order valence-corrected chi connectivity index (χ1v) is 11.2. The van der Waals surface area contributed by atoms with Gasteiger partial charge in [0.15, 0.2) is 5.82 Å². The van der Waals surface area contributed by atoms with Crippen LogP contribution in [-0.4, -0.2) is 39.1 Å². The summed E-state index contributed by atoms with van der Waals surface area (Å²) in [5.41, 5.74) is 1.55. The van der Waals surface area contributed by atoms with E-state index in [-0.39, 0.29) is 23.5 Å². The molecule has 0 radical (unpaired) electrons. The van der Waals surface area contributed by atoms with E-state index < -0.39 is 0 Å². The van der Waals surface area contributed by atoms with E-state index in [9.17, 15) is 9.59 Å². The van der Waals surface area contributed by atoms with Crippen molar-refractivity contribution in [1.29, 1.82) is 0 Å². The van der Waals surface area contributed by atoms with E-state index in [1.54, 1.807) is 6.92 Å². The zero-order valence-electron chi connectivity index (χ0n) is 16.3. The van der Waals surface area contributed by atoms with Gasteiger partial charge in [0.25, 0.3) is 0 Å². The zero-order chi connectivity index (χ0) is 20.3. The number of esters is 1. The molecular weight excluding hydrogens is 398 g/mol. The van der Waals surface area contributed by atoms with Crippen LogP contribution in [0.15, 0.2) is 5.16 Å². The number of fused-ring (bicyclic) bond motifs is 1. The molecule has 1 aliphatic rings. The van der Waals surface area contributed by atoms with Crippen LogP contribution < -0.4 is 11.2 Å². The maximum atomic E-state index is 12.5. The summed E-state index contributed by atoms with van der Waals surface area (Å²) >= 11 is 2.69. The molecule has 2 heterocycles. The third-order valence-corrected chi connectivity index (χ3v) is 6.59. The molecule has 0 saturated carbocycles. The van der Waals surface area contributed by atoms with Gasteiger partial charge >= 0.3 is 5.97 Å². The van der Waals surface area contributed by atoms with Crippen molar-refractivity contribution in [1.82, 2.24) is 14.9 Å². The Balaban J connectivity index is 1.71. The van der Waals surface area contributed by atoms with E-state index in [1.165, 1.54) is 32.7 Å². The minimum absolute atomic E-state index is 0.123. The molecule has 0 spiro atoms. The van der Waals surface area contributed by atoms with Crippen molar-refractivity contribution >= 4 is 40.0 Å². The summed E-state index contributed by atoms with van der Waals surface area (Å²) in [5.74, 6) is 6.33. The molecule has 28 heavy (non-hydrogen) atoms. The number of nitrogen functional groups attached to an aromatic ring is 1. The molecule has 0 unspecified atom stereocenters. The number of amides is 1. The van der Waals surface area contributed by atoms with Crippen LogP contribution in [-0.2, 0) is 22.4 Å². The summed E-state index contributed by atoms with van der Waals surface area (Å²) in [6, 6.07) is 0. The van der Waals surface area contributed by atoms with Crippen molar-refractivity contribution in [2.75, 3.05) is 23.5 Å². The Kier molecular flexibility index (Phi) is 6.61. The van der Waals surface area contributed by atoms with Crippen LogP contribution >= 0.6 is 23.1 Å². The van der Waals surface area contributed by atoms with Crippen LogP contribution in [0, 0.1) is 0 Å². The Morgan fingerprint density at radius 3 is 2.75 bits per heavy atom. The van der Waals surface area contributed by atoms with E-state index in [2.05, 4.69) is 15.5 Å². The smallest absolute Gasteiger partial charge is 0.341 e. The summed E-state index contributed by atoms with van der Waals surface area (Å²) in [6.07, 6.45) is 3.93. The molecular formula is C18H25N5O3S2. The number of nitrogens with one attached hydrogen (secondary N) is 1. The molecule has 2 aromatic heterocycles. The molecule has 0 aliphatic heterocycles. The lowest BCUT2D eigenvalue weighted by Crippen LogP contribution is -2.19. The number of thiophene rings is 1. The first-order valence-electron chi connectivity index (χ1n) is 9.37. The summed E-state index contributed by atoms with van der Waals surface area (Å²) in [4.78, 5) is 26.1. The number of nitrogens with zero attached hydrogens (tertiary/aromatic N) is 3. The van der Waals surface area contributed by atoms with Gasteiger partial charge in [-0.25, -0.2) is 9.47 Å². The number of carbonyl (C=O) groups excluding carboxylic acids is 2. The number of anilines is 1. The van der Waals surface area contributed by atoms with Gasteiger partial charge in [0.1, 0.15) is 5.00 Å². The molecule has 2 aromatic rings. The van der Waals surface area contributed by atoms with Crippen molar-refractivity contribution in [2.45, 2.75) is 57.5 Å². The number of aryl methyl sites for hydroxylation is 1. The van der Waals surface area contributed by atoms with Gasteiger partial charge < -0.3 is 15.9 Å². The molecule has 3 N–H and O–H groups in total. The van der Waals surface area contributed by atoms with Crippen molar-refractivity contribution in [3.63, 3.8) is 0 Å². The Labute approximate surface area is 172 Å². The lowest BCUT2D eigenvalue weighted by atomic mass is 9.95. The van der Waals surface area contributed by atoms with Crippen LogP contribution in [0.25, 0.3) is 0 Å². The van der Waals surface area contributed by atoms with E-state index in [4.69, 9.17) is 10.6 Å². The first-order chi connectivity index (χ1) is 13.4. The van der Waals surface area contributed by atoms with Gasteiger partial charge in [0.2, 0.25) is 11.1 Å². The fourth-order valence-electron chi connectivity index (χ4n) is 3.15. The van der Waals surface area contributed by atoms with Gasteiger partial charge in [-0.1, -0.05) is 25.6 Å². The standard InChI is InChI=1S/C18H25N5O3S2/c1-4-26-17(25)14-11-7-5-6-8-12(11)28-16(14)20-13(24)9-27-18-22-21-15(10(2)3)23(18)19/h10H,4-9,19H2,1-3H3,(H,20,24). The second kappa shape index (κ2) is 8.95. The Bertz CT molecular complexity index is 875. The normalized spacial score (nSPS) is 13.4. The highest BCUT2D eigenvalue weighted by Gasteiger charge is 2.27. The highest BCUT2D eigenvalue weighted by atomic mass is 32.2. The maximum absolute atomic E-state index is 12.5. The minimum atomic E-state index is -0.367. The van der Waals surface area contributed by atoms with Crippen molar-refractivity contribution in [3.8, 4) is 0 Å². The SMILES string of the molecule is CCOC(=O)c1c(NC(=O)CSc2nnc(C(C)C)n2N)sc2c1CCCC2. The molecule has 152 valence electrons. The van der Waals surface area contributed by atoms with Crippen LogP contribution in [0.5, 0.6) is 0 Å². The van der Waals surface area contributed by atoms with Crippen LogP contribution in [0.3, 0.4) is 0 Å². The molecule has 10 heteroatoms. The van der Waals surface area contributed by atoms with Gasteiger partial charge in [-0.15, -0.1) is 21.5 Å². The average molecular weight is 424 g/mol. The molecule has 0 bridgehead atoms. The third kappa shape index (κ3) is 4.33. The van der Waals surface area contributed by atoms with E-state index in [0.717, 1.165) is 31.2 Å². The van der Waals surface area contributed by atoms with Crippen molar-refractivity contribution in [3.05, 3.63) is 21.8 Å². The molecule has 0 saturated heterocycles. The fraction of sp³-hybridized carbons (Fsp3) is 0.556. The largest absolute Gasteiger partial charge is 0.462 e. The molecule has 1 aliphatic carbocycles. The topological polar surface area (TPSA) is 112 Å². The Morgan fingerprint density at radius 2 is 2.07 bits per heavy atom. The van der Waals surface area contributed by atoms with Crippen LogP contribution in [0.1, 0.15) is 66.2 Å². The Hall–Kier alpha value is -2.07. The first kappa shape index (κ1) is 20.7.